The van der Waals surface area contributed by atoms with E-state index < -0.39 is 11.8 Å². The molecule has 0 aromatic rings. The van der Waals surface area contributed by atoms with Gasteiger partial charge in [0.05, 0.1) is 13.0 Å². The van der Waals surface area contributed by atoms with Gasteiger partial charge < -0.3 is 9.47 Å². The molecule has 0 saturated carbocycles. The third-order valence-electron chi connectivity index (χ3n) is 1.01. The van der Waals surface area contributed by atoms with Crippen molar-refractivity contribution in [3.8, 4) is 0 Å². The van der Waals surface area contributed by atoms with Crippen molar-refractivity contribution in [3.63, 3.8) is 0 Å². The second-order valence-corrected chi connectivity index (χ2v) is 2.41. The SMILES string of the molecule is [CH2+]C1(C)OC(=O)C=C(C)O1. The predicted molar refractivity (Wildman–Crippen MR) is 34.7 cm³/mol. The first-order valence-electron chi connectivity index (χ1n) is 2.95. The van der Waals surface area contributed by atoms with Gasteiger partial charge in [0, 0.05) is 0 Å². The first-order chi connectivity index (χ1) is 4.49. The van der Waals surface area contributed by atoms with Gasteiger partial charge in [-0.15, -0.1) is 0 Å². The largest absolute Gasteiger partial charge is 0.421 e. The van der Waals surface area contributed by atoms with Gasteiger partial charge in [0.2, 0.25) is 0 Å². The number of carbonyl (C=O) groups excluding carboxylic acids is 1. The zero-order chi connectivity index (χ0) is 7.78. The van der Waals surface area contributed by atoms with Crippen LogP contribution in [0.5, 0.6) is 0 Å². The van der Waals surface area contributed by atoms with Crippen LogP contribution in [0.15, 0.2) is 11.8 Å². The number of esters is 1. The summed E-state index contributed by atoms with van der Waals surface area (Å²) < 4.78 is 9.75. The van der Waals surface area contributed by atoms with Crippen LogP contribution in [0.2, 0.25) is 0 Å². The zero-order valence-electron chi connectivity index (χ0n) is 6.01. The Bertz CT molecular complexity index is 191. The number of ether oxygens (including phenoxy) is 2. The third kappa shape index (κ3) is 1.43. The van der Waals surface area contributed by atoms with Gasteiger partial charge in [0.25, 0.3) is 0 Å². The summed E-state index contributed by atoms with van der Waals surface area (Å²) in [6.07, 6.45) is 1.28. The molecule has 1 unspecified atom stereocenters. The maximum absolute atomic E-state index is 10.7. The number of allylic oxidation sites excluding steroid dienone is 1. The van der Waals surface area contributed by atoms with Crippen LogP contribution in [0.1, 0.15) is 13.8 Å². The molecule has 0 bridgehead atoms. The summed E-state index contributed by atoms with van der Waals surface area (Å²) in [6, 6.07) is 0. The summed E-state index contributed by atoms with van der Waals surface area (Å²) in [4.78, 5) is 10.7. The molecule has 10 heavy (non-hydrogen) atoms. The molecule has 54 valence electrons. The summed E-state index contributed by atoms with van der Waals surface area (Å²) in [5.41, 5.74) is 0. The molecule has 0 aromatic carbocycles. The predicted octanol–water partition coefficient (Wildman–Crippen LogP) is 1.01. The van der Waals surface area contributed by atoms with Crippen LogP contribution in [0.25, 0.3) is 0 Å². The standard InChI is InChI=1S/C7H9O3/c1-5-4-6(8)10-7(2,3)9-5/h4H,2H2,1,3H3/q+1. The van der Waals surface area contributed by atoms with Gasteiger partial charge in [-0.3, -0.25) is 0 Å². The molecule has 0 spiro atoms. The van der Waals surface area contributed by atoms with Gasteiger partial charge in [-0.05, 0) is 6.92 Å². The van der Waals surface area contributed by atoms with Crippen molar-refractivity contribution in [2.45, 2.75) is 19.6 Å². The lowest BCUT2D eigenvalue weighted by Gasteiger charge is -2.22. The Balaban J connectivity index is 2.80. The molecule has 0 radical (unpaired) electrons. The Morgan fingerprint density at radius 1 is 1.60 bits per heavy atom. The van der Waals surface area contributed by atoms with E-state index in [9.17, 15) is 4.79 Å². The number of cyclic esters (lactones) is 1. The van der Waals surface area contributed by atoms with E-state index in [1.165, 1.54) is 6.08 Å². The van der Waals surface area contributed by atoms with Crippen molar-refractivity contribution in [1.82, 2.24) is 0 Å². The second-order valence-electron chi connectivity index (χ2n) is 2.41. The summed E-state index contributed by atoms with van der Waals surface area (Å²) in [5.74, 6) is -0.911. The Morgan fingerprint density at radius 3 is 2.60 bits per heavy atom. The summed E-state index contributed by atoms with van der Waals surface area (Å²) in [7, 11) is 0. The molecule has 1 atom stereocenters. The van der Waals surface area contributed by atoms with Crippen molar-refractivity contribution < 1.29 is 14.3 Å². The Morgan fingerprint density at radius 2 is 2.20 bits per heavy atom. The number of rotatable bonds is 0. The summed E-state index contributed by atoms with van der Waals surface area (Å²) in [6.45, 7) is 6.79. The minimum atomic E-state index is -1.05. The van der Waals surface area contributed by atoms with Crippen LogP contribution in [0, 0.1) is 6.92 Å². The molecule has 1 rings (SSSR count). The molecular formula is C7H9O3+. The average Bonchev–Trinajstić information content (AvgIpc) is 1.54. The highest BCUT2D eigenvalue weighted by atomic mass is 16.7. The Hall–Kier alpha value is -1.12. The van der Waals surface area contributed by atoms with E-state index in [0.717, 1.165) is 0 Å². The fourth-order valence-corrected chi connectivity index (χ4v) is 0.799. The van der Waals surface area contributed by atoms with Crippen molar-refractivity contribution in [2.24, 2.45) is 0 Å². The third-order valence-corrected chi connectivity index (χ3v) is 1.01. The molecule has 1 heterocycles. The van der Waals surface area contributed by atoms with E-state index in [4.69, 9.17) is 9.47 Å². The van der Waals surface area contributed by atoms with E-state index in [0.29, 0.717) is 5.76 Å². The van der Waals surface area contributed by atoms with Crippen LogP contribution in [0.3, 0.4) is 0 Å². The molecule has 0 saturated heterocycles. The molecule has 0 fully saturated rings. The minimum Gasteiger partial charge on any atom is -0.421 e. The highest BCUT2D eigenvalue weighted by Crippen LogP contribution is 2.20. The molecule has 0 aliphatic carbocycles. The molecule has 3 nitrogen and oxygen atoms in total. The lowest BCUT2D eigenvalue weighted by molar-refractivity contribution is -0.194. The fraction of sp³-hybridized carbons (Fsp3) is 0.429. The minimum absolute atomic E-state index is 0.402. The van der Waals surface area contributed by atoms with Crippen LogP contribution in [-0.2, 0) is 14.3 Å². The highest BCUT2D eigenvalue weighted by molar-refractivity contribution is 5.83. The van der Waals surface area contributed by atoms with Gasteiger partial charge in [-0.25, -0.2) is 4.79 Å². The fourth-order valence-electron chi connectivity index (χ4n) is 0.799. The van der Waals surface area contributed by atoms with Gasteiger partial charge in [-0.2, -0.15) is 0 Å². The van der Waals surface area contributed by atoms with Gasteiger partial charge in [-0.1, -0.05) is 0 Å². The van der Waals surface area contributed by atoms with E-state index >= 15 is 0 Å². The van der Waals surface area contributed by atoms with E-state index in [1.807, 2.05) is 0 Å². The van der Waals surface area contributed by atoms with Crippen molar-refractivity contribution in [2.75, 3.05) is 0 Å². The zero-order valence-corrected chi connectivity index (χ0v) is 6.01. The van der Waals surface area contributed by atoms with Gasteiger partial charge >= 0.3 is 11.8 Å². The maximum Gasteiger partial charge on any atom is 0.395 e. The average molecular weight is 141 g/mol. The topological polar surface area (TPSA) is 35.5 Å². The van der Waals surface area contributed by atoms with E-state index in [1.54, 1.807) is 13.8 Å². The van der Waals surface area contributed by atoms with E-state index in [-0.39, 0.29) is 0 Å². The monoisotopic (exact) mass is 141 g/mol. The lowest BCUT2D eigenvalue weighted by atomic mass is 10.3. The van der Waals surface area contributed by atoms with Crippen LogP contribution >= 0.6 is 0 Å². The first-order valence-corrected chi connectivity index (χ1v) is 2.95. The Labute approximate surface area is 59.6 Å². The Kier molecular flexibility index (Phi) is 1.35. The lowest BCUT2D eigenvalue weighted by Crippen LogP contribution is -2.33. The highest BCUT2D eigenvalue weighted by Gasteiger charge is 2.35. The van der Waals surface area contributed by atoms with Crippen LogP contribution in [-0.4, -0.2) is 11.8 Å². The molecule has 0 aromatic heterocycles. The quantitative estimate of drug-likeness (QED) is 0.373. The van der Waals surface area contributed by atoms with Crippen LogP contribution in [0.4, 0.5) is 0 Å². The number of hydrogen-bond acceptors (Lipinski definition) is 3. The second kappa shape index (κ2) is 1.94. The molecule has 1 aliphatic rings. The molecule has 0 amide bonds. The van der Waals surface area contributed by atoms with E-state index in [2.05, 4.69) is 6.92 Å². The molecular weight excluding hydrogens is 132 g/mol. The number of carbonyl (C=O) groups is 1. The van der Waals surface area contributed by atoms with Gasteiger partial charge in [0.15, 0.2) is 6.92 Å². The van der Waals surface area contributed by atoms with Crippen molar-refractivity contribution in [1.29, 1.82) is 0 Å². The summed E-state index contributed by atoms with van der Waals surface area (Å²) in [5, 5.41) is 0. The summed E-state index contributed by atoms with van der Waals surface area (Å²) >= 11 is 0. The smallest absolute Gasteiger partial charge is 0.395 e. The van der Waals surface area contributed by atoms with Crippen LogP contribution < -0.4 is 0 Å². The first kappa shape index (κ1) is 6.99. The van der Waals surface area contributed by atoms with Crippen molar-refractivity contribution in [3.05, 3.63) is 18.8 Å². The maximum atomic E-state index is 10.7. The molecule has 0 N–H and O–H groups in total. The molecule has 1 aliphatic heterocycles. The number of hydrogen-bond donors (Lipinski definition) is 0. The normalized spacial score (nSPS) is 32.2. The van der Waals surface area contributed by atoms with Crippen molar-refractivity contribution >= 4 is 5.97 Å². The molecule has 3 heteroatoms. The van der Waals surface area contributed by atoms with Gasteiger partial charge in [0.1, 0.15) is 5.76 Å².